The first-order valence-electron chi connectivity index (χ1n) is 32.8. The van der Waals surface area contributed by atoms with Crippen molar-refractivity contribution in [3.05, 3.63) is 107 Å². The maximum atomic E-state index is 13.1. The smallest absolute Gasteiger partial charge is 0.293 e. The number of unbranched alkanes of at least 4 members (excludes halogenated alkanes) is 2. The van der Waals surface area contributed by atoms with Gasteiger partial charge in [-0.05, 0) is 186 Å². The van der Waals surface area contributed by atoms with E-state index in [1.165, 1.54) is 57.8 Å². The van der Waals surface area contributed by atoms with Crippen LogP contribution in [0.15, 0.2) is 90.5 Å². The molecule has 1 heterocycles. The molecule has 4 aliphatic rings. The maximum Gasteiger partial charge on any atom is 0.293 e. The number of methoxy groups -OCH3 is 2. The van der Waals surface area contributed by atoms with Crippen molar-refractivity contribution in [1.29, 1.82) is 0 Å². The lowest BCUT2D eigenvalue weighted by Crippen LogP contribution is -2.40. The molecule has 3 aromatic rings. The van der Waals surface area contributed by atoms with Crippen molar-refractivity contribution in [1.82, 2.24) is 15.5 Å². The number of amides is 2. The molecule has 12 nitrogen and oxygen atoms in total. The van der Waals surface area contributed by atoms with Crippen LogP contribution in [0.2, 0.25) is 0 Å². The second-order valence-electron chi connectivity index (χ2n) is 26.6. The highest BCUT2D eigenvalue weighted by atomic mass is 16.5. The Labute approximate surface area is 515 Å². The summed E-state index contributed by atoms with van der Waals surface area (Å²) >= 11 is 0. The number of carbonyl (C=O) groups is 4. The predicted octanol–water partition coefficient (Wildman–Crippen LogP) is 15.9. The van der Waals surface area contributed by atoms with Crippen LogP contribution in [0.3, 0.4) is 0 Å². The van der Waals surface area contributed by atoms with Crippen molar-refractivity contribution in [3.8, 4) is 11.5 Å². The number of nitrogens with one attached hydrogen (secondary N) is 2. The van der Waals surface area contributed by atoms with Crippen LogP contribution in [0.5, 0.6) is 11.5 Å². The minimum absolute atomic E-state index is 0.0771. The lowest BCUT2D eigenvalue weighted by atomic mass is 9.58. The summed E-state index contributed by atoms with van der Waals surface area (Å²) in [6.07, 6.45) is 22.6. The van der Waals surface area contributed by atoms with E-state index in [0.717, 1.165) is 103 Å². The molecule has 3 fully saturated rings. The fraction of sp³-hybridized carbons (Fsp3) is 0.671. The second-order valence-corrected chi connectivity index (χ2v) is 26.6. The van der Waals surface area contributed by atoms with Crippen molar-refractivity contribution in [2.45, 2.75) is 222 Å². The fourth-order valence-corrected chi connectivity index (χ4v) is 14.1. The summed E-state index contributed by atoms with van der Waals surface area (Å²) in [6.45, 7) is 30.1. The van der Waals surface area contributed by atoms with Crippen LogP contribution in [0.25, 0.3) is 0 Å². The van der Waals surface area contributed by atoms with Gasteiger partial charge >= 0.3 is 0 Å². The van der Waals surface area contributed by atoms with E-state index in [-0.39, 0.29) is 41.4 Å². The number of allylic oxidation sites excluding steroid dienone is 1. The number of hydrogen-bond acceptors (Lipinski definition) is 10. The Bertz CT molecular complexity index is 2370. The van der Waals surface area contributed by atoms with Gasteiger partial charge in [0.2, 0.25) is 11.8 Å². The van der Waals surface area contributed by atoms with E-state index in [1.807, 2.05) is 132 Å². The summed E-state index contributed by atoms with van der Waals surface area (Å²) in [6, 6.07) is 25.8. The van der Waals surface area contributed by atoms with Crippen LogP contribution in [-0.2, 0) is 39.0 Å². The quantitative estimate of drug-likeness (QED) is 0.0364. The molecular weight excluding hydrogens is 1060 g/mol. The molecule has 0 spiro atoms. The van der Waals surface area contributed by atoms with E-state index in [4.69, 9.17) is 23.7 Å². The zero-order valence-corrected chi connectivity index (χ0v) is 55.5. The fourth-order valence-electron chi connectivity index (χ4n) is 14.1. The van der Waals surface area contributed by atoms with E-state index in [1.54, 1.807) is 19.8 Å². The number of hydrogen-bond donors (Lipinski definition) is 2. The number of rotatable bonds is 25. The molecule has 7 rings (SSSR count). The Morgan fingerprint density at radius 2 is 1.36 bits per heavy atom. The molecule has 9 atom stereocenters. The Morgan fingerprint density at radius 1 is 0.741 bits per heavy atom. The number of fused-ring (bicyclic) bond motifs is 2. The van der Waals surface area contributed by atoms with Crippen LogP contribution in [-0.4, -0.2) is 94.9 Å². The lowest BCUT2D eigenvalue weighted by molar-refractivity contribution is -0.137. The van der Waals surface area contributed by atoms with Crippen LogP contribution in [0, 0.1) is 46.3 Å². The van der Waals surface area contributed by atoms with Crippen molar-refractivity contribution >= 4 is 24.8 Å². The minimum atomic E-state index is -0.990. The highest BCUT2D eigenvalue weighted by molar-refractivity contribution is 5.77. The first kappa shape index (κ1) is 72.3. The van der Waals surface area contributed by atoms with Crippen molar-refractivity contribution in [2.75, 3.05) is 47.5 Å². The first-order chi connectivity index (χ1) is 40.7. The SMILES string of the molecule is CC.CC(C)CCCC(C)C1CCC2CC/C=C3/CC(OC=O)CCC3(C)C(C)CCC21C.CCCC(=O)NC(C)(C)C.CNCCCCCC(=O)N1CC(COC(c2ccccc2)(c2ccc(OC)cc2)c2ccc(OC)cc2)C(OC=O)C1. The molecule has 3 aliphatic carbocycles. The molecular formula is C73H115N3O9. The summed E-state index contributed by atoms with van der Waals surface area (Å²) in [7, 11) is 5.21. The second kappa shape index (κ2) is 36.2. The van der Waals surface area contributed by atoms with E-state index in [0.29, 0.717) is 50.2 Å². The monoisotopic (exact) mass is 1180 g/mol. The van der Waals surface area contributed by atoms with Gasteiger partial charge in [0.05, 0.1) is 27.4 Å². The topological polar surface area (TPSA) is 142 Å². The van der Waals surface area contributed by atoms with Gasteiger partial charge in [-0.2, -0.15) is 0 Å². The van der Waals surface area contributed by atoms with Crippen LogP contribution in [0.4, 0.5) is 0 Å². The van der Waals surface area contributed by atoms with Gasteiger partial charge < -0.3 is 39.2 Å². The van der Waals surface area contributed by atoms with E-state index < -0.39 is 11.7 Å². The molecule has 0 bridgehead atoms. The molecule has 9 unspecified atom stereocenters. The Morgan fingerprint density at radius 3 is 1.93 bits per heavy atom. The molecule has 1 saturated heterocycles. The summed E-state index contributed by atoms with van der Waals surface area (Å²) in [5.41, 5.74) is 4.09. The third-order valence-corrected chi connectivity index (χ3v) is 19.2. The molecule has 0 radical (unpaired) electrons. The number of nitrogens with zero attached hydrogens (tertiary/aromatic N) is 1. The van der Waals surface area contributed by atoms with Crippen molar-refractivity contribution in [2.24, 2.45) is 46.3 Å². The van der Waals surface area contributed by atoms with Gasteiger partial charge in [-0.3, -0.25) is 19.2 Å². The average molecular weight is 1180 g/mol. The normalized spacial score (nSPS) is 24.8. The molecule has 2 amide bonds. The number of carbonyl (C=O) groups excluding carboxylic acids is 4. The zero-order chi connectivity index (χ0) is 62.6. The van der Waals surface area contributed by atoms with Gasteiger partial charge in [-0.15, -0.1) is 0 Å². The molecule has 2 N–H and O–H groups in total. The largest absolute Gasteiger partial charge is 0.497 e. The molecule has 3 aromatic carbocycles. The maximum absolute atomic E-state index is 13.1. The summed E-state index contributed by atoms with van der Waals surface area (Å²) < 4.78 is 28.8. The minimum Gasteiger partial charge on any atom is -0.497 e. The molecule has 2 saturated carbocycles. The Kier molecular flexibility index (Phi) is 30.8. The summed E-state index contributed by atoms with van der Waals surface area (Å²) in [5.74, 6) is 5.71. The average Bonchev–Trinajstić information content (AvgIpc) is 1.92. The van der Waals surface area contributed by atoms with Crippen LogP contribution >= 0.6 is 0 Å². The third-order valence-electron chi connectivity index (χ3n) is 19.2. The van der Waals surface area contributed by atoms with Crippen LogP contribution < -0.4 is 20.1 Å². The van der Waals surface area contributed by atoms with Gasteiger partial charge in [-0.1, -0.05) is 154 Å². The highest BCUT2D eigenvalue weighted by Gasteiger charge is 2.50. The molecule has 12 heteroatoms. The molecule has 0 aromatic heterocycles. The molecule has 476 valence electrons. The Hall–Kier alpha value is -5.20. The van der Waals surface area contributed by atoms with Gasteiger partial charge in [0, 0.05) is 37.3 Å². The molecule has 85 heavy (non-hydrogen) atoms. The van der Waals surface area contributed by atoms with E-state index in [2.05, 4.69) is 58.3 Å². The molecule has 1 aliphatic heterocycles. The van der Waals surface area contributed by atoms with Gasteiger partial charge in [0.15, 0.2) is 0 Å². The standard InChI is InChI=1S/C34H42N2O6.C29H50O2.C8H17NO.C2H6/c1-35-21-9-5-8-12-33(38)36-22-26(32(23-36)41-25-37)24-42-34(27-10-6-4-7-11-27,28-13-17-30(39-2)18-14-28)29-15-19-31(40-3)20-16-29;1-21(2)9-7-10-22(3)27-14-13-24-11-8-12-25-19-26(31-20-30)16-18-28(25,5)23(4)15-17-29(24,27)6;1-5-6-7(10)9-8(2,3)4;1-2/h4,6-7,10-11,13-20,25-26,32,35H,5,8-9,12,21-24H2,1-3H3;12,20-24,26-27H,7-11,13-19H2,1-6H3;5-6H2,1-4H3,(H,9,10);1-2H3/b;25-12-;;. The first-order valence-corrected chi connectivity index (χ1v) is 32.8. The summed E-state index contributed by atoms with van der Waals surface area (Å²) in [4.78, 5) is 48.2. The Balaban J connectivity index is 0.000000315. The van der Waals surface area contributed by atoms with Gasteiger partial charge in [0.25, 0.3) is 12.9 Å². The van der Waals surface area contributed by atoms with Crippen molar-refractivity contribution in [3.63, 3.8) is 0 Å². The lowest BCUT2D eigenvalue weighted by Gasteiger charge is -2.47. The third kappa shape index (κ3) is 21.0. The van der Waals surface area contributed by atoms with E-state index in [9.17, 15) is 19.2 Å². The van der Waals surface area contributed by atoms with Crippen LogP contribution in [0.1, 0.15) is 215 Å². The van der Waals surface area contributed by atoms with Gasteiger partial charge in [0.1, 0.15) is 29.3 Å². The highest BCUT2D eigenvalue weighted by Crippen LogP contribution is 2.59. The number of ether oxygens (including phenoxy) is 5. The summed E-state index contributed by atoms with van der Waals surface area (Å²) in [5, 5.41) is 6.02. The number of benzene rings is 3. The van der Waals surface area contributed by atoms with Gasteiger partial charge in [-0.25, -0.2) is 0 Å². The van der Waals surface area contributed by atoms with E-state index >= 15 is 0 Å². The zero-order valence-electron chi connectivity index (χ0n) is 55.5. The number of likely N-dealkylation sites (tertiary alicyclic amines) is 1. The predicted molar refractivity (Wildman–Crippen MR) is 347 cm³/mol. The van der Waals surface area contributed by atoms with Crippen molar-refractivity contribution < 1.29 is 42.9 Å².